The van der Waals surface area contributed by atoms with E-state index < -0.39 is 0 Å². The molecule has 40 heavy (non-hydrogen) atoms. The van der Waals surface area contributed by atoms with E-state index in [9.17, 15) is 4.79 Å². The van der Waals surface area contributed by atoms with Crippen molar-refractivity contribution in [1.29, 1.82) is 0 Å². The Balaban J connectivity index is 1.50. The molecule has 2 heterocycles. The summed E-state index contributed by atoms with van der Waals surface area (Å²) in [5.41, 5.74) is 4.68. The largest absolute Gasteiger partial charge is 0.497 e. The zero-order valence-corrected chi connectivity index (χ0v) is 23.3. The molecule has 0 aliphatic heterocycles. The molecule has 1 N–H and O–H groups in total. The molecule has 5 aromatic rings. The van der Waals surface area contributed by atoms with Crippen LogP contribution in [-0.2, 0) is 19.6 Å². The molecular weight excluding hydrogens is 504 g/mol. The molecule has 0 saturated carbocycles. The third-order valence-corrected chi connectivity index (χ3v) is 7.26. The Morgan fingerprint density at radius 2 is 1.60 bits per heavy atom. The fourth-order valence-corrected chi connectivity index (χ4v) is 5.08. The van der Waals surface area contributed by atoms with Crippen LogP contribution in [0, 0.1) is 6.92 Å². The summed E-state index contributed by atoms with van der Waals surface area (Å²) in [5, 5.41) is 13.8. The smallest absolute Gasteiger partial charge is 0.252 e. The summed E-state index contributed by atoms with van der Waals surface area (Å²) < 4.78 is 12.5. The van der Waals surface area contributed by atoms with Gasteiger partial charge in [-0.2, -0.15) is 0 Å². The van der Waals surface area contributed by atoms with Crippen molar-refractivity contribution < 1.29 is 9.47 Å². The first kappa shape index (κ1) is 27.1. The van der Waals surface area contributed by atoms with Crippen LogP contribution in [0.1, 0.15) is 47.5 Å². The fraction of sp³-hybridized carbons (Fsp3) is 0.290. The number of para-hydroxylation sites is 1. The Morgan fingerprint density at radius 1 is 0.925 bits per heavy atom. The molecule has 1 atom stereocenters. The number of ether oxygens (including phenoxy) is 2. The Morgan fingerprint density at radius 3 is 2.25 bits per heavy atom. The predicted molar refractivity (Wildman–Crippen MR) is 154 cm³/mol. The summed E-state index contributed by atoms with van der Waals surface area (Å²) >= 11 is 0. The molecule has 5 rings (SSSR count). The molecule has 0 bridgehead atoms. The first-order valence-corrected chi connectivity index (χ1v) is 13.4. The Bertz CT molecular complexity index is 1630. The lowest BCUT2D eigenvalue weighted by Gasteiger charge is -2.30. The van der Waals surface area contributed by atoms with Gasteiger partial charge in [0, 0.05) is 18.7 Å². The lowest BCUT2D eigenvalue weighted by atomic mass is 10.1. The van der Waals surface area contributed by atoms with Gasteiger partial charge in [-0.1, -0.05) is 49.4 Å². The number of hydrogen-bond acceptors (Lipinski definition) is 7. The Labute approximate surface area is 233 Å². The molecule has 0 aliphatic carbocycles. The zero-order valence-electron chi connectivity index (χ0n) is 23.3. The minimum absolute atomic E-state index is 0.0887. The van der Waals surface area contributed by atoms with Crippen LogP contribution in [0.4, 0.5) is 0 Å². The summed E-state index contributed by atoms with van der Waals surface area (Å²) in [6.07, 6.45) is 0.754. The number of tetrazole rings is 1. The lowest BCUT2D eigenvalue weighted by Crippen LogP contribution is -2.32. The second-order valence-electron chi connectivity index (χ2n) is 9.88. The first-order valence-electron chi connectivity index (χ1n) is 13.4. The zero-order chi connectivity index (χ0) is 28.1. The molecule has 9 nitrogen and oxygen atoms in total. The number of aromatic nitrogens is 5. The van der Waals surface area contributed by atoms with Gasteiger partial charge in [-0.25, -0.2) is 4.68 Å². The minimum atomic E-state index is -0.136. The minimum Gasteiger partial charge on any atom is -0.497 e. The van der Waals surface area contributed by atoms with Gasteiger partial charge in [-0.05, 0) is 76.2 Å². The van der Waals surface area contributed by atoms with Gasteiger partial charge < -0.3 is 14.5 Å². The number of nitrogens with zero attached hydrogens (tertiary/aromatic N) is 5. The number of hydrogen-bond donors (Lipinski definition) is 1. The molecule has 0 aliphatic rings. The SMILES string of the molecule is CC[C@H](c1nnnn1Cc1ccc(OC)cc1)N(Cc1ccc(OC)cc1)Cc1cc2cccc(C)c2[nH]c1=O. The van der Waals surface area contributed by atoms with Crippen molar-refractivity contribution in [2.45, 2.75) is 45.9 Å². The average Bonchev–Trinajstić information content (AvgIpc) is 3.42. The van der Waals surface area contributed by atoms with E-state index in [4.69, 9.17) is 9.47 Å². The normalized spacial score (nSPS) is 12.1. The van der Waals surface area contributed by atoms with Gasteiger partial charge in [-0.15, -0.1) is 5.10 Å². The van der Waals surface area contributed by atoms with Gasteiger partial charge in [-0.3, -0.25) is 9.69 Å². The van der Waals surface area contributed by atoms with Crippen LogP contribution in [-0.4, -0.2) is 44.3 Å². The van der Waals surface area contributed by atoms with Crippen molar-refractivity contribution in [3.05, 3.63) is 111 Å². The monoisotopic (exact) mass is 538 g/mol. The van der Waals surface area contributed by atoms with Crippen LogP contribution >= 0.6 is 0 Å². The maximum atomic E-state index is 13.3. The van der Waals surface area contributed by atoms with Crippen LogP contribution in [0.5, 0.6) is 11.5 Å². The van der Waals surface area contributed by atoms with Crippen LogP contribution in [0.3, 0.4) is 0 Å². The number of pyridine rings is 1. The summed E-state index contributed by atoms with van der Waals surface area (Å²) in [4.78, 5) is 18.6. The molecule has 206 valence electrons. The highest BCUT2D eigenvalue weighted by atomic mass is 16.5. The van der Waals surface area contributed by atoms with E-state index in [2.05, 4.69) is 32.3 Å². The van der Waals surface area contributed by atoms with Crippen LogP contribution in [0.25, 0.3) is 10.9 Å². The third kappa shape index (κ3) is 5.89. The van der Waals surface area contributed by atoms with Gasteiger partial charge in [0.15, 0.2) is 5.82 Å². The van der Waals surface area contributed by atoms with Crippen molar-refractivity contribution >= 4 is 10.9 Å². The van der Waals surface area contributed by atoms with Gasteiger partial charge in [0.1, 0.15) is 11.5 Å². The Hall–Kier alpha value is -4.50. The fourth-order valence-electron chi connectivity index (χ4n) is 5.08. The van der Waals surface area contributed by atoms with Crippen molar-refractivity contribution in [3.63, 3.8) is 0 Å². The summed E-state index contributed by atoms with van der Waals surface area (Å²) in [6.45, 7) is 5.67. The predicted octanol–water partition coefficient (Wildman–Crippen LogP) is 5.04. The van der Waals surface area contributed by atoms with Gasteiger partial charge in [0.25, 0.3) is 5.56 Å². The molecule has 0 amide bonds. The van der Waals surface area contributed by atoms with Crippen LogP contribution < -0.4 is 15.0 Å². The summed E-state index contributed by atoms with van der Waals surface area (Å²) in [5.74, 6) is 2.35. The van der Waals surface area contributed by atoms with Crippen LogP contribution in [0.2, 0.25) is 0 Å². The summed E-state index contributed by atoms with van der Waals surface area (Å²) in [6, 6.07) is 23.8. The molecule has 0 spiro atoms. The second-order valence-corrected chi connectivity index (χ2v) is 9.88. The molecule has 0 saturated heterocycles. The molecule has 3 aromatic carbocycles. The number of aromatic amines is 1. The third-order valence-electron chi connectivity index (χ3n) is 7.26. The molecule has 2 aromatic heterocycles. The highest BCUT2D eigenvalue weighted by Crippen LogP contribution is 2.28. The highest BCUT2D eigenvalue weighted by Gasteiger charge is 2.26. The van der Waals surface area contributed by atoms with Crippen molar-refractivity contribution in [2.24, 2.45) is 0 Å². The van der Waals surface area contributed by atoms with E-state index in [0.717, 1.165) is 51.3 Å². The van der Waals surface area contributed by atoms with E-state index in [1.165, 1.54) is 0 Å². The number of aryl methyl sites for hydroxylation is 1. The maximum Gasteiger partial charge on any atom is 0.252 e. The van der Waals surface area contributed by atoms with Crippen molar-refractivity contribution in [2.75, 3.05) is 14.2 Å². The number of benzene rings is 3. The van der Waals surface area contributed by atoms with E-state index in [1.807, 2.05) is 84.4 Å². The molecule has 9 heteroatoms. The van der Waals surface area contributed by atoms with Gasteiger partial charge >= 0.3 is 0 Å². The van der Waals surface area contributed by atoms with E-state index in [0.29, 0.717) is 25.2 Å². The quantitative estimate of drug-likeness (QED) is 0.252. The van der Waals surface area contributed by atoms with Gasteiger partial charge in [0.05, 0.1) is 32.3 Å². The number of nitrogens with one attached hydrogen (secondary N) is 1. The molecule has 0 fully saturated rings. The van der Waals surface area contributed by atoms with E-state index in [-0.39, 0.29) is 11.6 Å². The van der Waals surface area contributed by atoms with Crippen molar-refractivity contribution in [3.8, 4) is 11.5 Å². The van der Waals surface area contributed by atoms with E-state index >= 15 is 0 Å². The topological polar surface area (TPSA) is 98.2 Å². The highest BCUT2D eigenvalue weighted by molar-refractivity contribution is 5.81. The number of fused-ring (bicyclic) bond motifs is 1. The van der Waals surface area contributed by atoms with Crippen LogP contribution in [0.15, 0.2) is 77.6 Å². The van der Waals surface area contributed by atoms with E-state index in [1.54, 1.807) is 14.2 Å². The number of methoxy groups -OCH3 is 2. The molecular formula is C31H34N6O3. The van der Waals surface area contributed by atoms with Crippen molar-refractivity contribution in [1.82, 2.24) is 30.1 Å². The Kier molecular flexibility index (Phi) is 8.21. The maximum absolute atomic E-state index is 13.3. The summed E-state index contributed by atoms with van der Waals surface area (Å²) in [7, 11) is 3.31. The lowest BCUT2D eigenvalue weighted by molar-refractivity contribution is 0.161. The first-order chi connectivity index (χ1) is 19.5. The molecule has 0 unspecified atom stereocenters. The standard InChI is InChI=1S/C31H34N6O3/c1-5-28(30-33-34-35-37(30)19-23-11-15-27(40-4)16-12-23)36(18-22-9-13-26(39-3)14-10-22)20-25-17-24-8-6-7-21(2)29(24)32-31(25)38/h6-17,28H,5,18-20H2,1-4H3,(H,32,38)/t28-/m1/s1. The van der Waals surface area contributed by atoms with Gasteiger partial charge in [0.2, 0.25) is 0 Å². The number of H-pyrrole nitrogens is 1. The number of rotatable bonds is 11. The molecule has 0 radical (unpaired) electrons. The second kappa shape index (κ2) is 12.1. The average molecular weight is 539 g/mol.